The average molecular weight is 329 g/mol. The van der Waals surface area contributed by atoms with E-state index in [2.05, 4.69) is 0 Å². The summed E-state index contributed by atoms with van der Waals surface area (Å²) in [4.78, 5) is 24.8. The molecule has 2 amide bonds. The first kappa shape index (κ1) is 16.5. The van der Waals surface area contributed by atoms with Crippen LogP contribution in [0.1, 0.15) is 31.4 Å². The Labute approximate surface area is 133 Å². The number of esters is 1. The number of ether oxygens (including phenoxy) is 1. The van der Waals surface area contributed by atoms with Crippen molar-refractivity contribution in [1.29, 1.82) is 0 Å². The summed E-state index contributed by atoms with van der Waals surface area (Å²) in [6.07, 6.45) is 0.489. The number of primary amides is 1. The zero-order chi connectivity index (χ0) is 16.3. The van der Waals surface area contributed by atoms with Gasteiger partial charge in [0.15, 0.2) is 0 Å². The van der Waals surface area contributed by atoms with Gasteiger partial charge >= 0.3 is 12.0 Å². The molecule has 2 atom stereocenters. The van der Waals surface area contributed by atoms with Crippen LogP contribution in [-0.2, 0) is 9.53 Å². The Bertz CT molecular complexity index is 562. The number of halogens is 2. The fraction of sp³-hybridized carbons (Fsp3) is 0.467. The summed E-state index contributed by atoms with van der Waals surface area (Å²) in [6.45, 7) is 2.33. The number of carbonyl (C=O) groups excluding carboxylic acids is 2. The fourth-order valence-electron chi connectivity index (χ4n) is 2.60. The molecule has 0 radical (unpaired) electrons. The molecule has 1 saturated heterocycles. The summed E-state index contributed by atoms with van der Waals surface area (Å²) in [7, 11) is 0. The first-order chi connectivity index (χ1) is 10.4. The van der Waals surface area contributed by atoms with E-state index in [0.717, 1.165) is 0 Å². The van der Waals surface area contributed by atoms with Crippen LogP contribution in [0.3, 0.4) is 0 Å². The topological polar surface area (TPSA) is 72.6 Å². The number of hydrogen-bond acceptors (Lipinski definition) is 3. The van der Waals surface area contributed by atoms with Gasteiger partial charge in [-0.15, -0.1) is 0 Å². The number of amides is 2. The van der Waals surface area contributed by atoms with Gasteiger partial charge in [0.2, 0.25) is 0 Å². The molecule has 1 aliphatic rings. The Morgan fingerprint density at radius 3 is 2.86 bits per heavy atom. The van der Waals surface area contributed by atoms with Gasteiger partial charge in [0.05, 0.1) is 10.9 Å². The van der Waals surface area contributed by atoms with Crippen molar-refractivity contribution in [2.24, 2.45) is 11.7 Å². The Hall–Kier alpha value is -1.82. The monoisotopic (exact) mass is 328 g/mol. The predicted molar refractivity (Wildman–Crippen MR) is 79.8 cm³/mol. The Balaban J connectivity index is 2.03. The van der Waals surface area contributed by atoms with Crippen molar-refractivity contribution in [3.8, 4) is 0 Å². The lowest BCUT2D eigenvalue weighted by Gasteiger charge is -2.30. The molecule has 0 aromatic heterocycles. The van der Waals surface area contributed by atoms with Gasteiger partial charge in [0.1, 0.15) is 11.9 Å². The maximum absolute atomic E-state index is 13.8. The van der Waals surface area contributed by atoms with Crippen LogP contribution in [0.4, 0.5) is 9.18 Å². The molecule has 1 aliphatic heterocycles. The van der Waals surface area contributed by atoms with E-state index in [9.17, 15) is 14.0 Å². The second-order valence-corrected chi connectivity index (χ2v) is 5.75. The van der Waals surface area contributed by atoms with Gasteiger partial charge in [-0.05, 0) is 31.9 Å². The molecule has 22 heavy (non-hydrogen) atoms. The third-order valence-corrected chi connectivity index (χ3v) is 4.10. The SMILES string of the molecule is CC(OC(=O)C1CCCN(C(N)=O)C1)c1c(F)cccc1Cl. The molecule has 1 heterocycles. The smallest absolute Gasteiger partial charge is 0.314 e. The van der Waals surface area contributed by atoms with Gasteiger partial charge < -0.3 is 15.4 Å². The van der Waals surface area contributed by atoms with Crippen molar-refractivity contribution in [2.45, 2.75) is 25.9 Å². The van der Waals surface area contributed by atoms with Gasteiger partial charge in [0, 0.05) is 18.7 Å². The molecule has 5 nitrogen and oxygen atoms in total. The van der Waals surface area contributed by atoms with E-state index in [1.165, 1.54) is 17.0 Å². The van der Waals surface area contributed by atoms with Crippen LogP contribution in [0.5, 0.6) is 0 Å². The highest BCUT2D eigenvalue weighted by molar-refractivity contribution is 6.31. The molecule has 2 unspecified atom stereocenters. The van der Waals surface area contributed by atoms with Crippen LogP contribution in [0.15, 0.2) is 18.2 Å². The van der Waals surface area contributed by atoms with Crippen LogP contribution in [0.25, 0.3) is 0 Å². The van der Waals surface area contributed by atoms with Crippen molar-refractivity contribution in [1.82, 2.24) is 4.90 Å². The minimum absolute atomic E-state index is 0.153. The molecule has 2 N–H and O–H groups in total. The van der Waals surface area contributed by atoms with E-state index in [4.69, 9.17) is 22.1 Å². The number of piperidine rings is 1. The lowest BCUT2D eigenvalue weighted by atomic mass is 9.98. The van der Waals surface area contributed by atoms with Gasteiger partial charge in [0.25, 0.3) is 0 Å². The maximum Gasteiger partial charge on any atom is 0.314 e. The zero-order valence-electron chi connectivity index (χ0n) is 12.2. The quantitative estimate of drug-likeness (QED) is 0.867. The standard InChI is InChI=1S/C15H18ClFN2O3/c1-9(13-11(16)5-2-6-12(13)17)22-14(20)10-4-3-7-19(8-10)15(18)21/h2,5-6,9-10H,3-4,7-8H2,1H3,(H2,18,21). The van der Waals surface area contributed by atoms with Gasteiger partial charge in [-0.2, -0.15) is 0 Å². The Kier molecular flexibility index (Phi) is 5.24. The summed E-state index contributed by atoms with van der Waals surface area (Å²) in [5, 5.41) is 0.211. The van der Waals surface area contributed by atoms with E-state index in [1.54, 1.807) is 13.0 Å². The Morgan fingerprint density at radius 2 is 2.23 bits per heavy atom. The van der Waals surface area contributed by atoms with Crippen LogP contribution >= 0.6 is 11.6 Å². The minimum Gasteiger partial charge on any atom is -0.457 e. The molecule has 7 heteroatoms. The van der Waals surface area contributed by atoms with Crippen LogP contribution in [-0.4, -0.2) is 30.0 Å². The third kappa shape index (κ3) is 3.68. The largest absolute Gasteiger partial charge is 0.457 e. The van der Waals surface area contributed by atoms with Crippen LogP contribution in [0, 0.1) is 11.7 Å². The number of benzene rings is 1. The van der Waals surface area contributed by atoms with Crippen molar-refractivity contribution in [3.05, 3.63) is 34.6 Å². The highest BCUT2D eigenvalue weighted by atomic mass is 35.5. The number of likely N-dealkylation sites (tertiary alicyclic amines) is 1. The summed E-state index contributed by atoms with van der Waals surface area (Å²) >= 11 is 5.96. The number of nitrogens with two attached hydrogens (primary N) is 1. The van der Waals surface area contributed by atoms with Crippen molar-refractivity contribution in [3.63, 3.8) is 0 Å². The van der Waals surface area contributed by atoms with E-state index in [1.807, 2.05) is 0 Å². The first-order valence-corrected chi connectivity index (χ1v) is 7.46. The predicted octanol–water partition coefficient (Wildman–Crippen LogP) is 2.87. The van der Waals surface area contributed by atoms with Crippen molar-refractivity contribution < 1.29 is 18.7 Å². The maximum atomic E-state index is 13.8. The molecule has 1 fully saturated rings. The molecular formula is C15H18ClFN2O3. The van der Waals surface area contributed by atoms with Gasteiger partial charge in [-0.1, -0.05) is 17.7 Å². The number of hydrogen-bond donors (Lipinski definition) is 1. The molecular weight excluding hydrogens is 311 g/mol. The molecule has 120 valence electrons. The molecule has 0 bridgehead atoms. The number of carbonyl (C=O) groups is 2. The normalized spacial score (nSPS) is 19.6. The highest BCUT2D eigenvalue weighted by Gasteiger charge is 2.30. The highest BCUT2D eigenvalue weighted by Crippen LogP contribution is 2.29. The minimum atomic E-state index is -0.801. The third-order valence-electron chi connectivity index (χ3n) is 3.77. The average Bonchev–Trinajstić information content (AvgIpc) is 2.47. The zero-order valence-corrected chi connectivity index (χ0v) is 13.0. The molecule has 2 rings (SSSR count). The van der Waals surface area contributed by atoms with E-state index in [-0.39, 0.29) is 17.1 Å². The molecule has 0 spiro atoms. The van der Waals surface area contributed by atoms with Gasteiger partial charge in [-0.3, -0.25) is 4.79 Å². The molecule has 1 aromatic rings. The van der Waals surface area contributed by atoms with Crippen LogP contribution in [0.2, 0.25) is 5.02 Å². The van der Waals surface area contributed by atoms with Crippen molar-refractivity contribution >= 4 is 23.6 Å². The summed E-state index contributed by atoms with van der Waals surface area (Å²) < 4.78 is 19.1. The molecule has 0 aliphatic carbocycles. The van der Waals surface area contributed by atoms with E-state index in [0.29, 0.717) is 19.4 Å². The summed E-state index contributed by atoms with van der Waals surface area (Å²) in [6, 6.07) is 3.74. The van der Waals surface area contributed by atoms with Crippen molar-refractivity contribution in [2.75, 3.05) is 13.1 Å². The van der Waals surface area contributed by atoms with Crippen LogP contribution < -0.4 is 5.73 Å². The first-order valence-electron chi connectivity index (χ1n) is 7.09. The van der Waals surface area contributed by atoms with E-state index < -0.39 is 29.8 Å². The number of rotatable bonds is 3. The lowest BCUT2D eigenvalue weighted by Crippen LogP contribution is -2.45. The molecule has 1 aromatic carbocycles. The van der Waals surface area contributed by atoms with E-state index >= 15 is 0 Å². The number of urea groups is 1. The second kappa shape index (κ2) is 6.96. The number of nitrogens with zero attached hydrogens (tertiary/aromatic N) is 1. The Morgan fingerprint density at radius 1 is 1.50 bits per heavy atom. The lowest BCUT2D eigenvalue weighted by molar-refractivity contribution is -0.155. The molecule has 0 saturated carbocycles. The summed E-state index contributed by atoms with van der Waals surface area (Å²) in [5.74, 6) is -1.44. The fourth-order valence-corrected chi connectivity index (χ4v) is 2.91. The second-order valence-electron chi connectivity index (χ2n) is 5.34. The van der Waals surface area contributed by atoms with Gasteiger partial charge in [-0.25, -0.2) is 9.18 Å². The summed E-state index contributed by atoms with van der Waals surface area (Å²) in [5.41, 5.74) is 5.38.